The number of aromatic nitrogens is 2. The Bertz CT molecular complexity index is 698. The first-order chi connectivity index (χ1) is 12.1. The number of aryl methyl sites for hydroxylation is 1. The number of ether oxygens (including phenoxy) is 1. The maximum absolute atomic E-state index is 12.9. The number of carbonyl (C=O) groups is 1. The number of nitrogens with zero attached hydrogens (tertiary/aromatic N) is 2. The van der Waals surface area contributed by atoms with Crippen molar-refractivity contribution in [2.45, 2.75) is 39.7 Å². The SMILES string of the molecule is CCOC(=O)[C@]1(Cc2ccccc2)CCCN(Cc2nc[nH]c2C)C1. The Labute approximate surface area is 149 Å². The molecule has 2 heterocycles. The molecule has 1 atom stereocenters. The van der Waals surface area contributed by atoms with E-state index >= 15 is 0 Å². The van der Waals surface area contributed by atoms with Gasteiger partial charge in [-0.3, -0.25) is 9.69 Å². The smallest absolute Gasteiger partial charge is 0.313 e. The Balaban J connectivity index is 1.80. The summed E-state index contributed by atoms with van der Waals surface area (Å²) in [4.78, 5) is 22.8. The molecule has 1 aliphatic rings. The van der Waals surface area contributed by atoms with E-state index < -0.39 is 5.41 Å². The summed E-state index contributed by atoms with van der Waals surface area (Å²) < 4.78 is 5.48. The van der Waals surface area contributed by atoms with E-state index in [4.69, 9.17) is 4.74 Å². The highest BCUT2D eigenvalue weighted by molar-refractivity contribution is 5.77. The van der Waals surface area contributed by atoms with Gasteiger partial charge in [-0.2, -0.15) is 0 Å². The molecule has 0 aliphatic carbocycles. The van der Waals surface area contributed by atoms with Crippen molar-refractivity contribution in [3.63, 3.8) is 0 Å². The van der Waals surface area contributed by atoms with E-state index in [-0.39, 0.29) is 5.97 Å². The Kier molecular flexibility index (Phi) is 5.53. The molecule has 25 heavy (non-hydrogen) atoms. The summed E-state index contributed by atoms with van der Waals surface area (Å²) in [6, 6.07) is 10.3. The first-order valence-electron chi connectivity index (χ1n) is 9.05. The van der Waals surface area contributed by atoms with Gasteiger partial charge < -0.3 is 9.72 Å². The fraction of sp³-hybridized carbons (Fsp3) is 0.500. The van der Waals surface area contributed by atoms with Gasteiger partial charge in [-0.25, -0.2) is 4.98 Å². The minimum Gasteiger partial charge on any atom is -0.466 e. The molecule has 3 rings (SSSR count). The Morgan fingerprint density at radius 1 is 1.36 bits per heavy atom. The van der Waals surface area contributed by atoms with E-state index in [0.717, 1.165) is 43.7 Å². The van der Waals surface area contributed by atoms with Crippen molar-refractivity contribution in [3.8, 4) is 0 Å². The normalized spacial score (nSPS) is 21.2. The summed E-state index contributed by atoms with van der Waals surface area (Å²) in [5.41, 5.74) is 2.86. The molecule has 0 bridgehead atoms. The van der Waals surface area contributed by atoms with Crippen molar-refractivity contribution in [1.82, 2.24) is 14.9 Å². The lowest BCUT2D eigenvalue weighted by molar-refractivity contribution is -0.159. The average Bonchev–Trinajstić information content (AvgIpc) is 3.01. The van der Waals surface area contributed by atoms with Gasteiger partial charge in [-0.1, -0.05) is 30.3 Å². The van der Waals surface area contributed by atoms with Crippen LogP contribution in [0.5, 0.6) is 0 Å². The van der Waals surface area contributed by atoms with Crippen molar-refractivity contribution in [2.24, 2.45) is 5.41 Å². The lowest BCUT2D eigenvalue weighted by Crippen LogP contribution is -2.49. The number of H-pyrrole nitrogens is 1. The molecule has 134 valence electrons. The molecule has 0 radical (unpaired) electrons. The highest BCUT2D eigenvalue weighted by Crippen LogP contribution is 2.36. The van der Waals surface area contributed by atoms with Crippen molar-refractivity contribution in [3.05, 3.63) is 53.6 Å². The topological polar surface area (TPSA) is 58.2 Å². The van der Waals surface area contributed by atoms with Gasteiger partial charge in [0, 0.05) is 18.8 Å². The van der Waals surface area contributed by atoms with E-state index in [1.165, 1.54) is 5.56 Å². The number of carbonyl (C=O) groups excluding carboxylic acids is 1. The van der Waals surface area contributed by atoms with Gasteiger partial charge in [0.05, 0.1) is 24.0 Å². The molecule has 2 aromatic rings. The lowest BCUT2D eigenvalue weighted by atomic mass is 9.75. The van der Waals surface area contributed by atoms with Crippen molar-refractivity contribution in [1.29, 1.82) is 0 Å². The fourth-order valence-electron chi connectivity index (χ4n) is 3.77. The second-order valence-corrected chi connectivity index (χ2v) is 6.95. The predicted molar refractivity (Wildman–Crippen MR) is 97.0 cm³/mol. The van der Waals surface area contributed by atoms with Crippen LogP contribution in [-0.4, -0.2) is 40.5 Å². The van der Waals surface area contributed by atoms with E-state index in [2.05, 4.69) is 27.0 Å². The monoisotopic (exact) mass is 341 g/mol. The van der Waals surface area contributed by atoms with Gasteiger partial charge >= 0.3 is 5.97 Å². The molecule has 1 aliphatic heterocycles. The summed E-state index contributed by atoms with van der Waals surface area (Å²) in [5.74, 6) is -0.0673. The van der Waals surface area contributed by atoms with E-state index in [0.29, 0.717) is 13.2 Å². The summed E-state index contributed by atoms with van der Waals surface area (Å²) in [7, 11) is 0. The molecule has 1 N–H and O–H groups in total. The molecular formula is C20H27N3O2. The Hall–Kier alpha value is -2.14. The lowest BCUT2D eigenvalue weighted by Gasteiger charge is -2.41. The molecule has 0 saturated carbocycles. The van der Waals surface area contributed by atoms with Crippen LogP contribution in [0.15, 0.2) is 36.7 Å². The number of esters is 1. The molecule has 5 nitrogen and oxygen atoms in total. The van der Waals surface area contributed by atoms with E-state index in [1.807, 2.05) is 32.0 Å². The van der Waals surface area contributed by atoms with Crippen LogP contribution in [0.2, 0.25) is 0 Å². The zero-order valence-corrected chi connectivity index (χ0v) is 15.1. The maximum Gasteiger partial charge on any atom is 0.313 e. The highest BCUT2D eigenvalue weighted by atomic mass is 16.5. The standard InChI is InChI=1S/C20H27N3O2/c1-3-25-19(24)20(12-17-8-5-4-6-9-17)10-7-11-23(14-20)13-18-16(2)21-15-22-18/h4-6,8-9,15H,3,7,10-14H2,1-2H3,(H,21,22)/t20-/m0/s1. The Morgan fingerprint density at radius 3 is 2.84 bits per heavy atom. The second kappa shape index (κ2) is 7.83. The number of aromatic amines is 1. The quantitative estimate of drug-likeness (QED) is 0.820. The fourth-order valence-corrected chi connectivity index (χ4v) is 3.77. The summed E-state index contributed by atoms with van der Waals surface area (Å²) in [5, 5.41) is 0. The number of hydrogen-bond donors (Lipinski definition) is 1. The van der Waals surface area contributed by atoms with Crippen molar-refractivity contribution in [2.75, 3.05) is 19.7 Å². The van der Waals surface area contributed by atoms with Crippen LogP contribution in [-0.2, 0) is 22.5 Å². The van der Waals surface area contributed by atoms with E-state index in [1.54, 1.807) is 6.33 Å². The van der Waals surface area contributed by atoms with Gasteiger partial charge in [0.2, 0.25) is 0 Å². The highest BCUT2D eigenvalue weighted by Gasteiger charge is 2.43. The summed E-state index contributed by atoms with van der Waals surface area (Å²) in [6.45, 7) is 6.81. The van der Waals surface area contributed by atoms with Gasteiger partial charge in [-0.05, 0) is 45.2 Å². The van der Waals surface area contributed by atoms with Gasteiger partial charge in [0.1, 0.15) is 0 Å². The molecule has 1 saturated heterocycles. The first kappa shape index (κ1) is 17.7. The third-order valence-corrected chi connectivity index (χ3v) is 5.06. The number of piperidine rings is 1. The number of nitrogens with one attached hydrogen (secondary N) is 1. The van der Waals surface area contributed by atoms with Crippen LogP contribution in [0.25, 0.3) is 0 Å². The minimum atomic E-state index is -0.472. The number of rotatable bonds is 6. The first-order valence-corrected chi connectivity index (χ1v) is 9.05. The van der Waals surface area contributed by atoms with Crippen LogP contribution in [0.1, 0.15) is 36.7 Å². The minimum absolute atomic E-state index is 0.0673. The van der Waals surface area contributed by atoms with Gasteiger partial charge in [0.15, 0.2) is 0 Å². The van der Waals surface area contributed by atoms with Crippen LogP contribution in [0, 0.1) is 12.3 Å². The summed E-state index contributed by atoms with van der Waals surface area (Å²) >= 11 is 0. The molecule has 1 aromatic heterocycles. The largest absolute Gasteiger partial charge is 0.466 e. The number of likely N-dealkylation sites (tertiary alicyclic amines) is 1. The maximum atomic E-state index is 12.9. The third kappa shape index (κ3) is 4.10. The number of benzene rings is 1. The van der Waals surface area contributed by atoms with Gasteiger partial charge in [-0.15, -0.1) is 0 Å². The van der Waals surface area contributed by atoms with E-state index in [9.17, 15) is 4.79 Å². The predicted octanol–water partition coefficient (Wildman–Crippen LogP) is 3.11. The van der Waals surface area contributed by atoms with Crippen molar-refractivity contribution >= 4 is 5.97 Å². The van der Waals surface area contributed by atoms with Crippen molar-refractivity contribution < 1.29 is 9.53 Å². The van der Waals surface area contributed by atoms with Crippen LogP contribution >= 0.6 is 0 Å². The molecule has 5 heteroatoms. The average molecular weight is 341 g/mol. The number of hydrogen-bond acceptors (Lipinski definition) is 4. The van der Waals surface area contributed by atoms with Gasteiger partial charge in [0.25, 0.3) is 0 Å². The Morgan fingerprint density at radius 2 is 2.16 bits per heavy atom. The number of imidazole rings is 1. The molecule has 1 fully saturated rings. The third-order valence-electron chi connectivity index (χ3n) is 5.06. The summed E-state index contributed by atoms with van der Waals surface area (Å²) in [6.07, 6.45) is 4.33. The zero-order chi connectivity index (χ0) is 17.7. The zero-order valence-electron chi connectivity index (χ0n) is 15.1. The van der Waals surface area contributed by atoms with Crippen LogP contribution < -0.4 is 0 Å². The second-order valence-electron chi connectivity index (χ2n) is 6.95. The molecule has 0 unspecified atom stereocenters. The molecular weight excluding hydrogens is 314 g/mol. The molecule has 0 amide bonds. The van der Waals surface area contributed by atoms with Crippen LogP contribution in [0.4, 0.5) is 0 Å². The molecule has 0 spiro atoms. The molecule has 1 aromatic carbocycles. The van der Waals surface area contributed by atoms with Crippen LogP contribution in [0.3, 0.4) is 0 Å².